The fraction of sp³-hybridized carbons (Fsp3) is 0.882. The van der Waals surface area contributed by atoms with Crippen LogP contribution in [0.1, 0.15) is 65.2 Å². The minimum atomic E-state index is -1.07. The standard InChI is InChI=1S/C17H26FNO2/c1-11(2)14(20)13(12-6-4-3-5-7-12)19-15(21)16-8-17(18,9-16)10-16/h11-13H,3-10H2,1-2H3,(H,19,21)/t13-,16?,17?/m1/s1. The molecule has 4 rings (SSSR count). The summed E-state index contributed by atoms with van der Waals surface area (Å²) >= 11 is 0. The Bertz CT molecular complexity index is 434. The lowest BCUT2D eigenvalue weighted by atomic mass is 9.42. The zero-order valence-electron chi connectivity index (χ0n) is 13.1. The van der Waals surface area contributed by atoms with E-state index in [-0.39, 0.29) is 29.6 Å². The lowest BCUT2D eigenvalue weighted by Gasteiger charge is -2.64. The SMILES string of the molecule is CC(C)C(=O)[C@H](NC(=O)C12CC(F)(C1)C2)C1CCCCC1. The van der Waals surface area contributed by atoms with E-state index < -0.39 is 11.1 Å². The van der Waals surface area contributed by atoms with Gasteiger partial charge in [0.1, 0.15) is 5.67 Å². The van der Waals surface area contributed by atoms with E-state index in [1.807, 2.05) is 13.8 Å². The van der Waals surface area contributed by atoms with Gasteiger partial charge >= 0.3 is 0 Å². The maximum atomic E-state index is 13.6. The summed E-state index contributed by atoms with van der Waals surface area (Å²) < 4.78 is 13.6. The van der Waals surface area contributed by atoms with E-state index in [0.29, 0.717) is 19.3 Å². The van der Waals surface area contributed by atoms with E-state index in [1.165, 1.54) is 6.42 Å². The Kier molecular flexibility index (Phi) is 3.61. The highest BCUT2D eigenvalue weighted by Gasteiger charge is 2.73. The molecule has 1 atom stereocenters. The highest BCUT2D eigenvalue weighted by atomic mass is 19.1. The average Bonchev–Trinajstić information content (AvgIpc) is 2.40. The van der Waals surface area contributed by atoms with Crippen molar-refractivity contribution in [3.63, 3.8) is 0 Å². The Morgan fingerprint density at radius 3 is 2.14 bits per heavy atom. The summed E-state index contributed by atoms with van der Waals surface area (Å²) in [5, 5.41) is 3.01. The van der Waals surface area contributed by atoms with E-state index in [2.05, 4.69) is 5.32 Å². The third kappa shape index (κ3) is 2.51. The summed E-state index contributed by atoms with van der Waals surface area (Å²) in [6.07, 6.45) is 6.62. The van der Waals surface area contributed by atoms with Crippen molar-refractivity contribution in [2.75, 3.05) is 0 Å². The number of rotatable bonds is 5. The number of hydrogen-bond acceptors (Lipinski definition) is 2. The number of nitrogens with one attached hydrogen (secondary N) is 1. The van der Waals surface area contributed by atoms with Gasteiger partial charge in [0.15, 0.2) is 5.78 Å². The molecule has 118 valence electrons. The number of Topliss-reactive ketones (excluding diaryl/α,β-unsaturated/α-hetero) is 1. The first-order valence-corrected chi connectivity index (χ1v) is 8.39. The highest BCUT2D eigenvalue weighted by molar-refractivity contribution is 5.94. The van der Waals surface area contributed by atoms with Gasteiger partial charge in [0, 0.05) is 5.92 Å². The molecule has 21 heavy (non-hydrogen) atoms. The first-order chi connectivity index (χ1) is 9.85. The molecule has 0 spiro atoms. The highest BCUT2D eigenvalue weighted by Crippen LogP contribution is 2.69. The van der Waals surface area contributed by atoms with E-state index >= 15 is 0 Å². The number of carbonyl (C=O) groups excluding carboxylic acids is 2. The normalized spacial score (nSPS) is 36.6. The Morgan fingerprint density at radius 2 is 1.67 bits per heavy atom. The van der Waals surface area contributed by atoms with Crippen LogP contribution in [0.2, 0.25) is 0 Å². The maximum Gasteiger partial charge on any atom is 0.227 e. The van der Waals surface area contributed by atoms with Crippen molar-refractivity contribution in [2.45, 2.75) is 76.9 Å². The molecule has 0 saturated heterocycles. The van der Waals surface area contributed by atoms with Gasteiger partial charge in [-0.3, -0.25) is 9.59 Å². The van der Waals surface area contributed by atoms with Gasteiger partial charge in [-0.2, -0.15) is 0 Å². The Hall–Kier alpha value is -0.930. The lowest BCUT2D eigenvalue weighted by molar-refractivity contribution is -0.214. The number of amides is 1. The monoisotopic (exact) mass is 295 g/mol. The predicted molar refractivity (Wildman–Crippen MR) is 78.5 cm³/mol. The summed E-state index contributed by atoms with van der Waals surface area (Å²) in [5.74, 6) is 0.255. The van der Waals surface area contributed by atoms with Crippen molar-refractivity contribution in [3.8, 4) is 0 Å². The Morgan fingerprint density at radius 1 is 1.10 bits per heavy atom. The largest absolute Gasteiger partial charge is 0.346 e. The van der Waals surface area contributed by atoms with E-state index in [0.717, 1.165) is 25.7 Å². The van der Waals surface area contributed by atoms with Crippen molar-refractivity contribution in [1.82, 2.24) is 5.32 Å². The summed E-state index contributed by atoms with van der Waals surface area (Å²) in [6, 6.07) is -0.359. The second kappa shape index (κ2) is 5.06. The topological polar surface area (TPSA) is 46.2 Å². The van der Waals surface area contributed by atoms with Gasteiger partial charge in [0.2, 0.25) is 5.91 Å². The molecular formula is C17H26FNO2. The fourth-order valence-electron chi connectivity index (χ4n) is 4.45. The maximum absolute atomic E-state index is 13.6. The number of ketones is 1. The number of halogens is 1. The van der Waals surface area contributed by atoms with Crippen LogP contribution < -0.4 is 5.32 Å². The summed E-state index contributed by atoms with van der Waals surface area (Å²) in [4.78, 5) is 25.0. The fourth-order valence-corrected chi connectivity index (χ4v) is 4.45. The Labute approximate surface area is 126 Å². The average molecular weight is 295 g/mol. The van der Waals surface area contributed by atoms with E-state index in [9.17, 15) is 14.0 Å². The van der Waals surface area contributed by atoms with Crippen LogP contribution in [-0.2, 0) is 9.59 Å². The van der Waals surface area contributed by atoms with Crippen molar-refractivity contribution < 1.29 is 14.0 Å². The van der Waals surface area contributed by atoms with Crippen molar-refractivity contribution in [2.24, 2.45) is 17.3 Å². The van der Waals surface area contributed by atoms with Gasteiger partial charge in [-0.05, 0) is 38.0 Å². The first kappa shape index (κ1) is 15.0. The van der Waals surface area contributed by atoms with Crippen molar-refractivity contribution >= 4 is 11.7 Å². The molecule has 2 bridgehead atoms. The van der Waals surface area contributed by atoms with Gasteiger partial charge in [-0.25, -0.2) is 4.39 Å². The minimum Gasteiger partial charge on any atom is -0.346 e. The Balaban J connectivity index is 1.67. The zero-order valence-corrected chi connectivity index (χ0v) is 13.1. The quantitative estimate of drug-likeness (QED) is 0.847. The molecule has 3 nitrogen and oxygen atoms in total. The van der Waals surface area contributed by atoms with Crippen molar-refractivity contribution in [1.29, 1.82) is 0 Å². The van der Waals surface area contributed by atoms with Crippen LogP contribution in [-0.4, -0.2) is 23.4 Å². The number of hydrogen-bond donors (Lipinski definition) is 1. The second-order valence-corrected chi connectivity index (χ2v) is 7.87. The zero-order chi connectivity index (χ0) is 15.3. The number of alkyl halides is 1. The van der Waals surface area contributed by atoms with Gasteiger partial charge in [0.25, 0.3) is 0 Å². The molecule has 4 fully saturated rings. The van der Waals surface area contributed by atoms with Crippen LogP contribution in [0.4, 0.5) is 4.39 Å². The van der Waals surface area contributed by atoms with E-state index in [1.54, 1.807) is 0 Å². The number of carbonyl (C=O) groups is 2. The first-order valence-electron chi connectivity index (χ1n) is 8.39. The molecule has 4 heteroatoms. The molecule has 0 aromatic carbocycles. The van der Waals surface area contributed by atoms with Gasteiger partial charge in [-0.1, -0.05) is 33.1 Å². The summed E-state index contributed by atoms with van der Waals surface area (Å²) in [7, 11) is 0. The predicted octanol–water partition coefficient (Wildman–Crippen LogP) is 3.17. The molecule has 4 aliphatic rings. The van der Waals surface area contributed by atoms with Crippen LogP contribution in [0, 0.1) is 17.3 Å². The van der Waals surface area contributed by atoms with Crippen LogP contribution in [0.25, 0.3) is 0 Å². The molecule has 0 radical (unpaired) electrons. The molecule has 4 saturated carbocycles. The van der Waals surface area contributed by atoms with Gasteiger partial charge in [-0.15, -0.1) is 0 Å². The van der Waals surface area contributed by atoms with Crippen molar-refractivity contribution in [3.05, 3.63) is 0 Å². The van der Waals surface area contributed by atoms with Gasteiger partial charge in [0.05, 0.1) is 11.5 Å². The third-order valence-electron chi connectivity index (χ3n) is 5.73. The summed E-state index contributed by atoms with van der Waals surface area (Å²) in [5.41, 5.74) is -1.56. The molecule has 1 amide bonds. The summed E-state index contributed by atoms with van der Waals surface area (Å²) in [6.45, 7) is 3.78. The molecule has 1 N–H and O–H groups in total. The van der Waals surface area contributed by atoms with Crippen LogP contribution in [0.3, 0.4) is 0 Å². The minimum absolute atomic E-state index is 0.0715. The molecule has 4 aliphatic carbocycles. The van der Waals surface area contributed by atoms with Crippen LogP contribution in [0.5, 0.6) is 0 Å². The molecule has 0 unspecified atom stereocenters. The molecule has 0 heterocycles. The lowest BCUT2D eigenvalue weighted by Crippen LogP contribution is -2.71. The van der Waals surface area contributed by atoms with Crippen LogP contribution in [0.15, 0.2) is 0 Å². The molecule has 0 aromatic heterocycles. The van der Waals surface area contributed by atoms with E-state index in [4.69, 9.17) is 0 Å². The van der Waals surface area contributed by atoms with Gasteiger partial charge < -0.3 is 5.32 Å². The second-order valence-electron chi connectivity index (χ2n) is 7.87. The third-order valence-corrected chi connectivity index (χ3v) is 5.73. The molecular weight excluding hydrogens is 269 g/mol. The molecule has 0 aromatic rings. The molecule has 0 aliphatic heterocycles. The van der Waals surface area contributed by atoms with Crippen LogP contribution >= 0.6 is 0 Å². The smallest absolute Gasteiger partial charge is 0.227 e.